The van der Waals surface area contributed by atoms with E-state index in [9.17, 15) is 4.79 Å². The second-order valence-electron chi connectivity index (χ2n) is 5.66. The highest BCUT2D eigenvalue weighted by Crippen LogP contribution is 2.24. The van der Waals surface area contributed by atoms with Gasteiger partial charge in [-0.05, 0) is 37.2 Å². The number of benzene rings is 1. The van der Waals surface area contributed by atoms with Crippen molar-refractivity contribution < 1.29 is 4.79 Å². The summed E-state index contributed by atoms with van der Waals surface area (Å²) < 4.78 is 0. The van der Waals surface area contributed by atoms with Gasteiger partial charge in [0.15, 0.2) is 0 Å². The smallest absolute Gasteiger partial charge is 0.223 e. The molecule has 2 heteroatoms. The van der Waals surface area contributed by atoms with Gasteiger partial charge in [0, 0.05) is 19.0 Å². The van der Waals surface area contributed by atoms with Crippen LogP contribution in [0.5, 0.6) is 0 Å². The summed E-state index contributed by atoms with van der Waals surface area (Å²) >= 11 is 0. The first-order chi connectivity index (χ1) is 9.22. The Labute approximate surface area is 116 Å². The molecular formula is C17H25NO. The van der Waals surface area contributed by atoms with Gasteiger partial charge < -0.3 is 4.90 Å². The van der Waals surface area contributed by atoms with E-state index in [1.165, 1.54) is 24.8 Å². The number of piperidine rings is 1. The van der Waals surface area contributed by atoms with Crippen molar-refractivity contribution >= 4 is 5.91 Å². The lowest BCUT2D eigenvalue weighted by molar-refractivity contribution is -0.135. The minimum Gasteiger partial charge on any atom is -0.340 e. The number of nitrogens with zero attached hydrogens (tertiary/aromatic N) is 1. The Balaban J connectivity index is 1.96. The normalized spacial score (nSPS) is 21.2. The fourth-order valence-electron chi connectivity index (χ4n) is 3.03. The first-order valence-electron chi connectivity index (χ1n) is 7.56. The van der Waals surface area contributed by atoms with Gasteiger partial charge in [0.1, 0.15) is 0 Å². The number of likely N-dealkylation sites (tertiary alicyclic amines) is 1. The van der Waals surface area contributed by atoms with Crippen molar-refractivity contribution in [2.24, 2.45) is 0 Å². The molecule has 1 aromatic rings. The van der Waals surface area contributed by atoms with Crippen molar-refractivity contribution in [2.45, 2.75) is 57.9 Å². The maximum atomic E-state index is 12.5. The highest BCUT2D eigenvalue weighted by molar-refractivity contribution is 5.77. The Kier molecular flexibility index (Phi) is 5.00. The summed E-state index contributed by atoms with van der Waals surface area (Å²) in [5.74, 6) is 0.649. The van der Waals surface area contributed by atoms with Crippen molar-refractivity contribution in [1.29, 1.82) is 0 Å². The van der Waals surface area contributed by atoms with Gasteiger partial charge in [-0.1, -0.05) is 44.2 Å². The monoisotopic (exact) mass is 259 g/mol. The van der Waals surface area contributed by atoms with Crippen molar-refractivity contribution in [3.63, 3.8) is 0 Å². The number of rotatable bonds is 4. The van der Waals surface area contributed by atoms with E-state index >= 15 is 0 Å². The standard InChI is InChI=1S/C17H25NO/c1-3-16-11-7-8-12-18(16)17(19)13-14(2)15-9-5-4-6-10-15/h4-6,9-10,14,16H,3,7-8,11-13H2,1-2H3/t14-,16-/m0/s1. The molecule has 0 aromatic heterocycles. The van der Waals surface area contributed by atoms with E-state index in [0.717, 1.165) is 13.0 Å². The Morgan fingerprint density at radius 3 is 2.74 bits per heavy atom. The molecule has 1 aliphatic rings. The third-order valence-electron chi connectivity index (χ3n) is 4.27. The van der Waals surface area contributed by atoms with E-state index in [1.807, 2.05) is 18.2 Å². The van der Waals surface area contributed by atoms with Crippen LogP contribution < -0.4 is 0 Å². The maximum absolute atomic E-state index is 12.5. The lowest BCUT2D eigenvalue weighted by Gasteiger charge is -2.36. The summed E-state index contributed by atoms with van der Waals surface area (Å²) in [7, 11) is 0. The molecule has 2 rings (SSSR count). The van der Waals surface area contributed by atoms with Crippen LogP contribution in [0.3, 0.4) is 0 Å². The van der Waals surface area contributed by atoms with Crippen LogP contribution in [0.1, 0.15) is 57.4 Å². The number of hydrogen-bond donors (Lipinski definition) is 0. The van der Waals surface area contributed by atoms with Gasteiger partial charge in [-0.3, -0.25) is 4.79 Å². The molecule has 1 amide bonds. The number of carbonyl (C=O) groups is 1. The zero-order valence-electron chi connectivity index (χ0n) is 12.1. The van der Waals surface area contributed by atoms with Crippen molar-refractivity contribution in [1.82, 2.24) is 4.90 Å². The van der Waals surface area contributed by atoms with Crippen LogP contribution in [0.25, 0.3) is 0 Å². The summed E-state index contributed by atoms with van der Waals surface area (Å²) in [6.45, 7) is 5.30. The summed E-state index contributed by atoms with van der Waals surface area (Å²) in [5, 5.41) is 0. The summed E-state index contributed by atoms with van der Waals surface area (Å²) in [6.07, 6.45) is 5.35. The number of carbonyl (C=O) groups excluding carboxylic acids is 1. The van der Waals surface area contributed by atoms with E-state index in [-0.39, 0.29) is 0 Å². The fourth-order valence-corrected chi connectivity index (χ4v) is 3.03. The van der Waals surface area contributed by atoms with Gasteiger partial charge in [-0.2, -0.15) is 0 Å². The molecule has 0 N–H and O–H groups in total. The topological polar surface area (TPSA) is 20.3 Å². The SMILES string of the molecule is CC[C@H]1CCCCN1C(=O)C[C@H](C)c1ccccc1. The molecule has 1 fully saturated rings. The van der Waals surface area contributed by atoms with Crippen LogP contribution in [-0.2, 0) is 4.79 Å². The molecule has 2 atom stereocenters. The first kappa shape index (κ1) is 14.1. The van der Waals surface area contributed by atoms with E-state index in [4.69, 9.17) is 0 Å². The van der Waals surface area contributed by atoms with E-state index in [0.29, 0.717) is 24.3 Å². The van der Waals surface area contributed by atoms with Gasteiger partial charge >= 0.3 is 0 Å². The van der Waals surface area contributed by atoms with Gasteiger partial charge in [-0.25, -0.2) is 0 Å². The highest BCUT2D eigenvalue weighted by atomic mass is 16.2. The molecule has 104 valence electrons. The fraction of sp³-hybridized carbons (Fsp3) is 0.588. The third-order valence-corrected chi connectivity index (χ3v) is 4.27. The molecule has 2 nitrogen and oxygen atoms in total. The Morgan fingerprint density at radius 1 is 1.32 bits per heavy atom. The molecule has 0 saturated carbocycles. The van der Waals surface area contributed by atoms with Gasteiger partial charge in [0.05, 0.1) is 0 Å². The molecule has 1 aromatic carbocycles. The minimum atomic E-state index is 0.313. The van der Waals surface area contributed by atoms with Crippen LogP contribution >= 0.6 is 0 Å². The molecule has 19 heavy (non-hydrogen) atoms. The summed E-state index contributed by atoms with van der Waals surface area (Å²) in [5.41, 5.74) is 1.26. The zero-order chi connectivity index (χ0) is 13.7. The largest absolute Gasteiger partial charge is 0.340 e. The highest BCUT2D eigenvalue weighted by Gasteiger charge is 2.26. The molecule has 0 unspecified atom stereocenters. The third kappa shape index (κ3) is 3.59. The second-order valence-corrected chi connectivity index (χ2v) is 5.66. The predicted octanol–water partition coefficient (Wildman–Crippen LogP) is 3.97. The molecular weight excluding hydrogens is 234 g/mol. The van der Waals surface area contributed by atoms with Crippen LogP contribution in [0.4, 0.5) is 0 Å². The molecule has 0 radical (unpaired) electrons. The van der Waals surface area contributed by atoms with E-state index in [2.05, 4.69) is 30.9 Å². The Hall–Kier alpha value is -1.31. The lowest BCUT2D eigenvalue weighted by Crippen LogP contribution is -2.43. The first-order valence-corrected chi connectivity index (χ1v) is 7.56. The van der Waals surface area contributed by atoms with Crippen molar-refractivity contribution in [3.8, 4) is 0 Å². The average Bonchev–Trinajstić information content (AvgIpc) is 2.48. The maximum Gasteiger partial charge on any atom is 0.223 e. The van der Waals surface area contributed by atoms with Crippen LogP contribution in [0.2, 0.25) is 0 Å². The second kappa shape index (κ2) is 6.74. The van der Waals surface area contributed by atoms with E-state index < -0.39 is 0 Å². The Bertz CT molecular complexity index is 401. The lowest BCUT2D eigenvalue weighted by atomic mass is 9.94. The molecule has 0 aliphatic carbocycles. The molecule has 0 bridgehead atoms. The molecule has 1 saturated heterocycles. The minimum absolute atomic E-state index is 0.313. The number of amides is 1. The van der Waals surface area contributed by atoms with Gasteiger partial charge in [-0.15, -0.1) is 0 Å². The summed E-state index contributed by atoms with van der Waals surface area (Å²) in [4.78, 5) is 14.6. The van der Waals surface area contributed by atoms with Crippen LogP contribution in [0, 0.1) is 0 Å². The van der Waals surface area contributed by atoms with Gasteiger partial charge in [0.25, 0.3) is 0 Å². The molecule has 1 aliphatic heterocycles. The van der Waals surface area contributed by atoms with Crippen LogP contribution in [0.15, 0.2) is 30.3 Å². The number of hydrogen-bond acceptors (Lipinski definition) is 1. The summed E-state index contributed by atoms with van der Waals surface area (Å²) in [6, 6.07) is 10.8. The quantitative estimate of drug-likeness (QED) is 0.801. The molecule has 1 heterocycles. The van der Waals surface area contributed by atoms with Crippen LogP contribution in [-0.4, -0.2) is 23.4 Å². The van der Waals surface area contributed by atoms with Crippen molar-refractivity contribution in [2.75, 3.05) is 6.54 Å². The van der Waals surface area contributed by atoms with E-state index in [1.54, 1.807) is 0 Å². The molecule has 0 spiro atoms. The Morgan fingerprint density at radius 2 is 2.05 bits per heavy atom. The zero-order valence-corrected chi connectivity index (χ0v) is 12.1. The average molecular weight is 259 g/mol. The predicted molar refractivity (Wildman–Crippen MR) is 79.1 cm³/mol. The van der Waals surface area contributed by atoms with Crippen molar-refractivity contribution in [3.05, 3.63) is 35.9 Å². The van der Waals surface area contributed by atoms with Gasteiger partial charge in [0.2, 0.25) is 5.91 Å².